The first-order valence-electron chi connectivity index (χ1n) is 13.6. The van der Waals surface area contributed by atoms with Gasteiger partial charge in [-0.15, -0.1) is 0 Å². The van der Waals surface area contributed by atoms with Crippen LogP contribution in [0.15, 0.2) is 24.3 Å². The second-order valence-electron chi connectivity index (χ2n) is 11.6. The molecule has 1 atom stereocenters. The van der Waals surface area contributed by atoms with E-state index in [2.05, 4.69) is 26.1 Å². The van der Waals surface area contributed by atoms with Crippen molar-refractivity contribution in [2.24, 2.45) is 22.9 Å². The van der Waals surface area contributed by atoms with E-state index in [0.717, 1.165) is 11.3 Å². The Balaban J connectivity index is 2.39. The van der Waals surface area contributed by atoms with Gasteiger partial charge in [-0.25, -0.2) is 0 Å². The van der Waals surface area contributed by atoms with Gasteiger partial charge in [-0.05, 0) is 44.9 Å². The largest absolute Gasteiger partial charge is 0.380 e. The first kappa shape index (κ1) is 32.9. The van der Waals surface area contributed by atoms with Crippen LogP contribution in [0.1, 0.15) is 26.3 Å². The normalized spacial score (nSPS) is 19.3. The second-order valence-corrected chi connectivity index (χ2v) is 11.6. The molecule has 1 saturated heterocycles. The fourth-order valence-corrected chi connectivity index (χ4v) is 4.90. The first-order chi connectivity index (χ1) is 18.7. The summed E-state index contributed by atoms with van der Waals surface area (Å²) in [5, 5.41) is 3.45. The third-order valence-electron chi connectivity index (χ3n) is 6.60. The Bertz CT molecular complexity index is 997. The highest BCUT2D eigenvalue weighted by atomic mass is 16.2. The zero-order valence-electron chi connectivity index (χ0n) is 24.1. The summed E-state index contributed by atoms with van der Waals surface area (Å²) in [4.78, 5) is 55.3. The van der Waals surface area contributed by atoms with E-state index in [1.165, 1.54) is 0 Å². The summed E-state index contributed by atoms with van der Waals surface area (Å²) in [5.74, 6) is -1.88. The Morgan fingerprint density at radius 3 is 1.57 bits per heavy atom. The van der Waals surface area contributed by atoms with Crippen LogP contribution in [0, 0.1) is 0 Å². The molecule has 9 N–H and O–H groups in total. The zero-order chi connectivity index (χ0) is 29.9. The van der Waals surface area contributed by atoms with E-state index >= 15 is 0 Å². The van der Waals surface area contributed by atoms with Crippen LogP contribution in [0.3, 0.4) is 0 Å². The Morgan fingerprint density at radius 2 is 1.12 bits per heavy atom. The van der Waals surface area contributed by atoms with Gasteiger partial charge >= 0.3 is 0 Å². The number of hydrogen-bond acceptors (Lipinski definition) is 9. The average Bonchev–Trinajstić information content (AvgIpc) is 2.80. The Labute approximate surface area is 237 Å². The van der Waals surface area contributed by atoms with Crippen molar-refractivity contribution in [2.75, 3.05) is 77.3 Å². The van der Waals surface area contributed by atoms with Crippen LogP contribution < -0.4 is 28.3 Å². The van der Waals surface area contributed by atoms with Gasteiger partial charge in [0.1, 0.15) is 0 Å². The summed E-state index contributed by atoms with van der Waals surface area (Å²) >= 11 is 0. The fourth-order valence-electron chi connectivity index (χ4n) is 4.90. The van der Waals surface area contributed by atoms with Gasteiger partial charge in [-0.2, -0.15) is 0 Å². The average molecular weight is 562 g/mol. The van der Waals surface area contributed by atoms with Crippen molar-refractivity contribution >= 4 is 29.3 Å². The highest BCUT2D eigenvalue weighted by Gasteiger charge is 2.26. The van der Waals surface area contributed by atoms with Crippen LogP contribution in [0.5, 0.6) is 0 Å². The number of nitrogens with one attached hydrogen (secondary N) is 1. The van der Waals surface area contributed by atoms with E-state index in [4.69, 9.17) is 22.9 Å². The lowest BCUT2D eigenvalue weighted by Crippen LogP contribution is -2.54. The minimum absolute atomic E-state index is 0.0109. The van der Waals surface area contributed by atoms with Gasteiger partial charge < -0.3 is 28.3 Å². The quantitative estimate of drug-likeness (QED) is 0.202. The van der Waals surface area contributed by atoms with Crippen molar-refractivity contribution in [2.45, 2.75) is 38.8 Å². The fraction of sp³-hybridized carbons (Fsp3) is 0.630. The molecule has 0 saturated carbocycles. The summed E-state index contributed by atoms with van der Waals surface area (Å²) in [6, 6.07) is 7.92. The maximum atomic E-state index is 12.1. The topological polar surface area (TPSA) is 197 Å². The lowest BCUT2D eigenvalue weighted by atomic mass is 10.0. The van der Waals surface area contributed by atoms with Crippen LogP contribution in [0.4, 0.5) is 5.69 Å². The molecule has 1 aliphatic heterocycles. The summed E-state index contributed by atoms with van der Waals surface area (Å²) in [7, 11) is 0. The molecule has 4 amide bonds. The monoisotopic (exact) mass is 561 g/mol. The maximum absolute atomic E-state index is 12.1. The van der Waals surface area contributed by atoms with E-state index in [1.54, 1.807) is 0 Å². The van der Waals surface area contributed by atoms with Crippen molar-refractivity contribution in [3.63, 3.8) is 0 Å². The van der Waals surface area contributed by atoms with Crippen molar-refractivity contribution in [1.82, 2.24) is 19.6 Å². The number of anilines is 1. The highest BCUT2D eigenvalue weighted by molar-refractivity contribution is 5.77. The smallest absolute Gasteiger partial charge is 0.231 e. The van der Waals surface area contributed by atoms with Crippen LogP contribution in [-0.4, -0.2) is 127 Å². The van der Waals surface area contributed by atoms with E-state index in [-0.39, 0.29) is 37.8 Å². The zero-order valence-corrected chi connectivity index (χ0v) is 24.1. The number of nitrogens with zero attached hydrogens (tertiary/aromatic N) is 4. The molecule has 1 unspecified atom stereocenters. The predicted molar refractivity (Wildman–Crippen MR) is 155 cm³/mol. The molecular formula is C27H47N9O4. The van der Waals surface area contributed by atoms with Gasteiger partial charge in [-0.3, -0.25) is 38.8 Å². The molecule has 1 aliphatic rings. The number of nitrogens with two attached hydrogens (primary N) is 4. The van der Waals surface area contributed by atoms with E-state index in [1.807, 2.05) is 43.9 Å². The number of benzene rings is 1. The minimum atomic E-state index is -0.475. The molecule has 0 aliphatic carbocycles. The lowest BCUT2D eigenvalue weighted by molar-refractivity contribution is -0.122. The molecular weight excluding hydrogens is 514 g/mol. The molecule has 224 valence electrons. The molecule has 13 nitrogen and oxygen atoms in total. The molecule has 1 aromatic rings. The van der Waals surface area contributed by atoms with Gasteiger partial charge in [0.25, 0.3) is 0 Å². The molecule has 1 heterocycles. The minimum Gasteiger partial charge on any atom is -0.380 e. The number of hydrogen-bond donors (Lipinski definition) is 5. The molecule has 40 heavy (non-hydrogen) atoms. The molecule has 0 aromatic heterocycles. The van der Waals surface area contributed by atoms with E-state index < -0.39 is 23.6 Å². The van der Waals surface area contributed by atoms with Crippen LogP contribution in [-0.2, 0) is 25.6 Å². The van der Waals surface area contributed by atoms with Gasteiger partial charge in [0, 0.05) is 63.1 Å². The van der Waals surface area contributed by atoms with E-state index in [0.29, 0.717) is 52.2 Å². The van der Waals surface area contributed by atoms with Crippen molar-refractivity contribution in [1.29, 1.82) is 0 Å². The Hall–Kier alpha value is -3.26. The van der Waals surface area contributed by atoms with Gasteiger partial charge in [0.05, 0.1) is 26.2 Å². The third-order valence-corrected chi connectivity index (χ3v) is 6.60. The second kappa shape index (κ2) is 15.5. The summed E-state index contributed by atoms with van der Waals surface area (Å²) in [5.41, 5.74) is 24.2. The summed E-state index contributed by atoms with van der Waals surface area (Å²) in [6.07, 6.45) is 0.582. The molecule has 2 rings (SSSR count). The third kappa shape index (κ3) is 13.2. The molecule has 0 radical (unpaired) electrons. The van der Waals surface area contributed by atoms with Crippen LogP contribution >= 0.6 is 0 Å². The van der Waals surface area contributed by atoms with Gasteiger partial charge in [0.15, 0.2) is 0 Å². The van der Waals surface area contributed by atoms with Crippen molar-refractivity contribution < 1.29 is 19.2 Å². The van der Waals surface area contributed by atoms with Crippen LogP contribution in [0.25, 0.3) is 0 Å². The number of amides is 4. The SMILES string of the molecule is CC(C)(C)Nc1ccc(CC2CN(CC(N)=O)CCN(CC(N)=O)CCN(CC(N)=O)CCN2CC(N)=O)cc1. The molecule has 1 fully saturated rings. The molecule has 0 spiro atoms. The standard InChI is InChI=1S/C27H47N9O4/c1-27(2,3)32-21-6-4-20(5-7-21)14-22-15-35(18-25(30)39)11-10-33(16-23(28)37)8-9-34(17-24(29)38)12-13-36(22)19-26(31)40/h4-7,22,32H,8-19H2,1-3H3,(H2,28,37)(H2,29,38)(H2,30,39)(H2,31,40). The lowest BCUT2D eigenvalue weighted by Gasteiger charge is -2.38. The Morgan fingerprint density at radius 1 is 0.700 bits per heavy atom. The predicted octanol–water partition coefficient (Wildman–Crippen LogP) is -2.03. The van der Waals surface area contributed by atoms with Crippen LogP contribution in [0.2, 0.25) is 0 Å². The molecule has 13 heteroatoms. The van der Waals surface area contributed by atoms with Gasteiger partial charge in [0.2, 0.25) is 23.6 Å². The summed E-state index contributed by atoms with van der Waals surface area (Å²) < 4.78 is 0. The highest BCUT2D eigenvalue weighted by Crippen LogP contribution is 2.18. The van der Waals surface area contributed by atoms with Crippen molar-refractivity contribution in [3.8, 4) is 0 Å². The van der Waals surface area contributed by atoms with E-state index in [9.17, 15) is 19.2 Å². The molecule has 0 bridgehead atoms. The number of rotatable bonds is 11. The number of primary amides is 4. The number of carbonyl (C=O) groups is 4. The van der Waals surface area contributed by atoms with Gasteiger partial charge in [-0.1, -0.05) is 12.1 Å². The maximum Gasteiger partial charge on any atom is 0.231 e. The van der Waals surface area contributed by atoms with Crippen molar-refractivity contribution in [3.05, 3.63) is 29.8 Å². The number of carbonyl (C=O) groups excluding carboxylic acids is 4. The molecule has 1 aromatic carbocycles. The first-order valence-corrected chi connectivity index (χ1v) is 13.6. The Kier molecular flexibility index (Phi) is 12.8. The summed E-state index contributed by atoms with van der Waals surface area (Å²) in [6.45, 7) is 9.52.